The first-order valence-electron chi connectivity index (χ1n) is 7.56. The third-order valence-electron chi connectivity index (χ3n) is 4.04. The standard InChI is InChI=1S/C17H17N3O2/c21-14-7-4-12(5-8-14)15-9-6-13-11-18-20(17(13)19-15)16-3-1-2-10-22-16/h4-9,11,16,21H,1-3,10H2. The summed E-state index contributed by atoms with van der Waals surface area (Å²) in [7, 11) is 0. The lowest BCUT2D eigenvalue weighted by Crippen LogP contribution is -2.19. The third kappa shape index (κ3) is 2.33. The van der Waals surface area contributed by atoms with E-state index >= 15 is 0 Å². The normalized spacial score (nSPS) is 18.6. The van der Waals surface area contributed by atoms with Crippen molar-refractivity contribution in [2.24, 2.45) is 0 Å². The van der Waals surface area contributed by atoms with Crippen LogP contribution in [0.2, 0.25) is 0 Å². The van der Waals surface area contributed by atoms with Gasteiger partial charge < -0.3 is 9.84 Å². The van der Waals surface area contributed by atoms with Crippen molar-refractivity contribution in [3.63, 3.8) is 0 Å². The molecule has 1 aromatic carbocycles. The minimum absolute atomic E-state index is 0.0196. The molecular weight excluding hydrogens is 278 g/mol. The Hall–Kier alpha value is -2.40. The van der Waals surface area contributed by atoms with Gasteiger partial charge in [-0.15, -0.1) is 0 Å². The molecule has 5 heteroatoms. The van der Waals surface area contributed by atoms with E-state index in [0.29, 0.717) is 0 Å². The van der Waals surface area contributed by atoms with Gasteiger partial charge in [0.05, 0.1) is 11.9 Å². The number of benzene rings is 1. The average Bonchev–Trinajstić information content (AvgIpc) is 2.99. The molecule has 0 saturated carbocycles. The van der Waals surface area contributed by atoms with Gasteiger partial charge in [0.2, 0.25) is 0 Å². The SMILES string of the molecule is Oc1ccc(-c2ccc3cnn(C4CCCCO4)c3n2)cc1. The van der Waals surface area contributed by atoms with Crippen molar-refractivity contribution < 1.29 is 9.84 Å². The molecule has 2 aromatic heterocycles. The van der Waals surface area contributed by atoms with Crippen molar-refractivity contribution in [2.45, 2.75) is 25.5 Å². The van der Waals surface area contributed by atoms with Gasteiger partial charge in [0, 0.05) is 17.6 Å². The summed E-state index contributed by atoms with van der Waals surface area (Å²) in [6, 6.07) is 11.1. The highest BCUT2D eigenvalue weighted by Crippen LogP contribution is 2.27. The summed E-state index contributed by atoms with van der Waals surface area (Å²) < 4.78 is 7.71. The van der Waals surface area contributed by atoms with Crippen LogP contribution in [0.3, 0.4) is 0 Å². The van der Waals surface area contributed by atoms with Crippen molar-refractivity contribution in [3.8, 4) is 17.0 Å². The van der Waals surface area contributed by atoms with Gasteiger partial charge in [-0.3, -0.25) is 0 Å². The number of aromatic hydroxyl groups is 1. The number of fused-ring (bicyclic) bond motifs is 1. The van der Waals surface area contributed by atoms with Crippen molar-refractivity contribution in [1.82, 2.24) is 14.8 Å². The minimum Gasteiger partial charge on any atom is -0.508 e. The fraction of sp³-hybridized carbons (Fsp3) is 0.294. The largest absolute Gasteiger partial charge is 0.508 e. The van der Waals surface area contributed by atoms with Gasteiger partial charge in [-0.2, -0.15) is 5.10 Å². The van der Waals surface area contributed by atoms with Gasteiger partial charge in [0.15, 0.2) is 11.9 Å². The van der Waals surface area contributed by atoms with E-state index < -0.39 is 0 Å². The quantitative estimate of drug-likeness (QED) is 0.786. The smallest absolute Gasteiger partial charge is 0.161 e. The molecule has 1 unspecified atom stereocenters. The number of ether oxygens (including phenoxy) is 1. The van der Waals surface area contributed by atoms with Crippen LogP contribution >= 0.6 is 0 Å². The molecule has 0 bridgehead atoms. The molecule has 0 amide bonds. The van der Waals surface area contributed by atoms with E-state index in [-0.39, 0.29) is 12.0 Å². The molecular formula is C17H17N3O2. The lowest BCUT2D eigenvalue weighted by Gasteiger charge is -2.23. The van der Waals surface area contributed by atoms with Gasteiger partial charge in [0.25, 0.3) is 0 Å². The first kappa shape index (κ1) is 13.3. The predicted molar refractivity (Wildman–Crippen MR) is 83.5 cm³/mol. The first-order valence-corrected chi connectivity index (χ1v) is 7.56. The molecule has 3 aromatic rings. The van der Waals surface area contributed by atoms with Gasteiger partial charge in [-0.05, 0) is 55.7 Å². The number of phenols is 1. The molecule has 22 heavy (non-hydrogen) atoms. The monoisotopic (exact) mass is 295 g/mol. The molecule has 0 radical (unpaired) electrons. The Morgan fingerprint density at radius 3 is 2.73 bits per heavy atom. The number of rotatable bonds is 2. The summed E-state index contributed by atoms with van der Waals surface area (Å²) in [5.74, 6) is 0.255. The number of hydrogen-bond donors (Lipinski definition) is 1. The number of nitrogens with zero attached hydrogens (tertiary/aromatic N) is 3. The zero-order chi connectivity index (χ0) is 14.9. The van der Waals surface area contributed by atoms with Crippen LogP contribution in [-0.4, -0.2) is 26.5 Å². The van der Waals surface area contributed by atoms with Crippen LogP contribution in [0.5, 0.6) is 5.75 Å². The number of phenolic OH excluding ortho intramolecular Hbond substituents is 1. The Morgan fingerprint density at radius 2 is 1.95 bits per heavy atom. The second-order valence-electron chi connectivity index (χ2n) is 5.57. The molecule has 0 spiro atoms. The van der Waals surface area contributed by atoms with Gasteiger partial charge >= 0.3 is 0 Å². The van der Waals surface area contributed by atoms with Gasteiger partial charge in [0.1, 0.15) is 5.75 Å². The lowest BCUT2D eigenvalue weighted by molar-refractivity contribution is -0.0370. The van der Waals surface area contributed by atoms with E-state index in [2.05, 4.69) is 5.10 Å². The molecule has 4 rings (SSSR count). The molecule has 3 heterocycles. The molecule has 1 aliphatic heterocycles. The maximum absolute atomic E-state index is 9.41. The summed E-state index contributed by atoms with van der Waals surface area (Å²) >= 11 is 0. The van der Waals surface area contributed by atoms with E-state index in [0.717, 1.165) is 48.2 Å². The van der Waals surface area contributed by atoms with E-state index in [4.69, 9.17) is 9.72 Å². The second kappa shape index (κ2) is 5.42. The molecule has 0 aliphatic carbocycles. The zero-order valence-corrected chi connectivity index (χ0v) is 12.1. The van der Waals surface area contributed by atoms with Crippen LogP contribution in [-0.2, 0) is 4.74 Å². The maximum atomic E-state index is 9.41. The zero-order valence-electron chi connectivity index (χ0n) is 12.1. The highest BCUT2D eigenvalue weighted by Gasteiger charge is 2.19. The van der Waals surface area contributed by atoms with Crippen molar-refractivity contribution in [2.75, 3.05) is 6.61 Å². The Morgan fingerprint density at radius 1 is 1.09 bits per heavy atom. The Balaban J connectivity index is 1.77. The van der Waals surface area contributed by atoms with Crippen LogP contribution in [0, 0.1) is 0 Å². The Bertz CT molecular complexity index is 789. The highest BCUT2D eigenvalue weighted by atomic mass is 16.5. The molecule has 1 N–H and O–H groups in total. The number of pyridine rings is 1. The average molecular weight is 295 g/mol. The summed E-state index contributed by atoms with van der Waals surface area (Å²) in [5.41, 5.74) is 2.68. The highest BCUT2D eigenvalue weighted by molar-refractivity contribution is 5.78. The van der Waals surface area contributed by atoms with E-state index in [9.17, 15) is 5.11 Å². The Labute approximate surface area is 128 Å². The van der Waals surface area contributed by atoms with Crippen LogP contribution in [0.1, 0.15) is 25.5 Å². The summed E-state index contributed by atoms with van der Waals surface area (Å²) in [5, 5.41) is 14.9. The molecule has 1 fully saturated rings. The van der Waals surface area contributed by atoms with Crippen LogP contribution < -0.4 is 0 Å². The van der Waals surface area contributed by atoms with Crippen molar-refractivity contribution in [3.05, 3.63) is 42.6 Å². The lowest BCUT2D eigenvalue weighted by atomic mass is 10.1. The topological polar surface area (TPSA) is 60.2 Å². The van der Waals surface area contributed by atoms with E-state index in [1.165, 1.54) is 0 Å². The molecule has 1 aliphatic rings. The number of hydrogen-bond acceptors (Lipinski definition) is 4. The van der Waals surface area contributed by atoms with Crippen LogP contribution in [0.4, 0.5) is 0 Å². The fourth-order valence-electron chi connectivity index (χ4n) is 2.84. The van der Waals surface area contributed by atoms with Gasteiger partial charge in [-0.1, -0.05) is 0 Å². The predicted octanol–water partition coefficient (Wildman–Crippen LogP) is 3.50. The molecule has 112 valence electrons. The molecule has 1 atom stereocenters. The minimum atomic E-state index is -0.0196. The molecule has 1 saturated heterocycles. The van der Waals surface area contributed by atoms with Crippen molar-refractivity contribution >= 4 is 11.0 Å². The van der Waals surface area contributed by atoms with Gasteiger partial charge in [-0.25, -0.2) is 9.67 Å². The molecule has 5 nitrogen and oxygen atoms in total. The first-order chi connectivity index (χ1) is 10.8. The number of aromatic nitrogens is 3. The Kier molecular flexibility index (Phi) is 3.27. The van der Waals surface area contributed by atoms with E-state index in [1.807, 2.05) is 35.1 Å². The van der Waals surface area contributed by atoms with Crippen molar-refractivity contribution in [1.29, 1.82) is 0 Å². The van der Waals surface area contributed by atoms with E-state index in [1.54, 1.807) is 12.1 Å². The van der Waals surface area contributed by atoms with Crippen LogP contribution in [0.15, 0.2) is 42.6 Å². The van der Waals surface area contributed by atoms with Crippen LogP contribution in [0.25, 0.3) is 22.3 Å². The second-order valence-corrected chi connectivity index (χ2v) is 5.57. The summed E-state index contributed by atoms with van der Waals surface area (Å²) in [4.78, 5) is 4.75. The third-order valence-corrected chi connectivity index (χ3v) is 4.04. The maximum Gasteiger partial charge on any atom is 0.161 e. The fourth-order valence-corrected chi connectivity index (χ4v) is 2.84. The summed E-state index contributed by atoms with van der Waals surface area (Å²) in [6.07, 6.45) is 5.06. The summed E-state index contributed by atoms with van der Waals surface area (Å²) in [6.45, 7) is 0.781.